The number of amides is 1. The maximum absolute atomic E-state index is 12.1. The molecule has 152 valence electrons. The van der Waals surface area contributed by atoms with Gasteiger partial charge in [0.2, 0.25) is 5.91 Å². The van der Waals surface area contributed by atoms with Gasteiger partial charge < -0.3 is 19.5 Å². The van der Waals surface area contributed by atoms with Crippen molar-refractivity contribution in [2.45, 2.75) is 38.2 Å². The van der Waals surface area contributed by atoms with Crippen LogP contribution in [0.2, 0.25) is 0 Å². The van der Waals surface area contributed by atoms with Crippen molar-refractivity contribution in [2.75, 3.05) is 26.1 Å². The summed E-state index contributed by atoms with van der Waals surface area (Å²) in [6.45, 7) is 3.78. The molecule has 2 heterocycles. The minimum Gasteiger partial charge on any atom is -0.493 e. The summed E-state index contributed by atoms with van der Waals surface area (Å²) < 4.78 is 16.9. The van der Waals surface area contributed by atoms with E-state index in [4.69, 9.17) is 14.2 Å². The van der Waals surface area contributed by atoms with E-state index in [0.717, 1.165) is 41.5 Å². The number of hydrogen-bond donors (Lipinski definition) is 1. The Morgan fingerprint density at radius 3 is 3.04 bits per heavy atom. The Labute approximate surface area is 174 Å². The van der Waals surface area contributed by atoms with Gasteiger partial charge in [0.15, 0.2) is 11.5 Å². The molecule has 1 aromatic heterocycles. The monoisotopic (exact) mass is 422 g/mol. The summed E-state index contributed by atoms with van der Waals surface area (Å²) >= 11 is 3.20. The molecule has 28 heavy (non-hydrogen) atoms. The van der Waals surface area contributed by atoms with Gasteiger partial charge in [-0.1, -0.05) is 6.07 Å². The maximum atomic E-state index is 12.1. The molecule has 0 bridgehead atoms. The first-order chi connectivity index (χ1) is 13.6. The van der Waals surface area contributed by atoms with Crippen LogP contribution >= 0.6 is 23.1 Å². The number of carbonyl (C=O) groups is 1. The standard InChI is InChI=1S/C20H26N2O4S2/c1-14-22-16(12-28-14)11-27-13-20(23)21-9-15-5-6-18(19(8-15)24-2)26-10-17-4-3-7-25-17/h5-6,8,12,17H,3-4,7,9-11,13H2,1-2H3,(H,21,23)/t17-/m0/s1. The van der Waals surface area contributed by atoms with E-state index >= 15 is 0 Å². The SMILES string of the molecule is COc1cc(CNC(=O)CSCc2csc(C)n2)ccc1OC[C@@H]1CCCO1. The lowest BCUT2D eigenvalue weighted by molar-refractivity contribution is -0.118. The number of nitrogens with zero attached hydrogens (tertiary/aromatic N) is 1. The molecule has 0 unspecified atom stereocenters. The number of aryl methyl sites for hydroxylation is 1. The van der Waals surface area contributed by atoms with Crippen LogP contribution in [-0.2, 0) is 21.8 Å². The van der Waals surface area contributed by atoms with Crippen LogP contribution in [0.3, 0.4) is 0 Å². The Hall–Kier alpha value is -1.77. The first kappa shape index (κ1) is 21.0. The van der Waals surface area contributed by atoms with Gasteiger partial charge in [0.25, 0.3) is 0 Å². The molecule has 1 aliphatic rings. The van der Waals surface area contributed by atoms with Crippen LogP contribution in [0.4, 0.5) is 0 Å². The number of nitrogens with one attached hydrogen (secondary N) is 1. The van der Waals surface area contributed by atoms with Crippen LogP contribution in [0, 0.1) is 6.92 Å². The summed E-state index contributed by atoms with van der Waals surface area (Å²) in [6, 6.07) is 5.73. The van der Waals surface area contributed by atoms with Crippen LogP contribution < -0.4 is 14.8 Å². The summed E-state index contributed by atoms with van der Waals surface area (Å²) in [6.07, 6.45) is 2.28. The van der Waals surface area contributed by atoms with E-state index in [1.807, 2.05) is 30.5 Å². The average molecular weight is 423 g/mol. The van der Waals surface area contributed by atoms with Gasteiger partial charge in [0.1, 0.15) is 6.61 Å². The molecule has 1 amide bonds. The van der Waals surface area contributed by atoms with Gasteiger partial charge in [-0.05, 0) is 37.5 Å². The highest BCUT2D eigenvalue weighted by Gasteiger charge is 2.17. The van der Waals surface area contributed by atoms with Crippen molar-refractivity contribution in [3.8, 4) is 11.5 Å². The predicted molar refractivity (Wildman–Crippen MR) is 112 cm³/mol. The molecule has 0 aliphatic carbocycles. The van der Waals surface area contributed by atoms with Crippen molar-refractivity contribution in [3.63, 3.8) is 0 Å². The topological polar surface area (TPSA) is 69.7 Å². The van der Waals surface area contributed by atoms with Crippen LogP contribution in [0.1, 0.15) is 29.1 Å². The van der Waals surface area contributed by atoms with E-state index in [0.29, 0.717) is 30.4 Å². The summed E-state index contributed by atoms with van der Waals surface area (Å²) in [4.78, 5) is 16.5. The van der Waals surface area contributed by atoms with Crippen molar-refractivity contribution in [2.24, 2.45) is 0 Å². The van der Waals surface area contributed by atoms with Crippen molar-refractivity contribution >= 4 is 29.0 Å². The largest absolute Gasteiger partial charge is 0.493 e. The first-order valence-electron chi connectivity index (χ1n) is 9.31. The number of rotatable bonds is 10. The minimum atomic E-state index is 0.00891. The Morgan fingerprint density at radius 2 is 2.32 bits per heavy atom. The third kappa shape index (κ3) is 6.39. The second-order valence-electron chi connectivity index (χ2n) is 6.56. The predicted octanol–water partition coefficient (Wildman–Crippen LogP) is 3.57. The maximum Gasteiger partial charge on any atom is 0.230 e. The number of hydrogen-bond acceptors (Lipinski definition) is 7. The van der Waals surface area contributed by atoms with E-state index in [1.165, 1.54) is 0 Å². The van der Waals surface area contributed by atoms with Gasteiger partial charge in [0.05, 0.1) is 29.7 Å². The number of carbonyl (C=O) groups excluding carboxylic acids is 1. The molecule has 1 aromatic carbocycles. The van der Waals surface area contributed by atoms with Gasteiger partial charge in [-0.25, -0.2) is 4.98 Å². The van der Waals surface area contributed by atoms with E-state index < -0.39 is 0 Å². The fourth-order valence-electron chi connectivity index (χ4n) is 2.87. The molecule has 1 N–H and O–H groups in total. The van der Waals surface area contributed by atoms with Gasteiger partial charge in [0, 0.05) is 24.3 Å². The zero-order valence-corrected chi connectivity index (χ0v) is 17.9. The van der Waals surface area contributed by atoms with Crippen molar-refractivity contribution in [1.82, 2.24) is 10.3 Å². The van der Waals surface area contributed by atoms with Gasteiger partial charge >= 0.3 is 0 Å². The number of ether oxygens (including phenoxy) is 3. The molecule has 1 aliphatic heterocycles. The Bertz CT molecular complexity index is 775. The molecule has 0 radical (unpaired) electrons. The highest BCUT2D eigenvalue weighted by atomic mass is 32.2. The lowest BCUT2D eigenvalue weighted by Gasteiger charge is -2.15. The first-order valence-corrected chi connectivity index (χ1v) is 11.3. The second kappa shape index (κ2) is 10.7. The number of benzene rings is 1. The molecule has 8 heteroatoms. The summed E-state index contributed by atoms with van der Waals surface area (Å²) in [5.74, 6) is 2.54. The molecular weight excluding hydrogens is 396 g/mol. The molecule has 0 spiro atoms. The van der Waals surface area contributed by atoms with Crippen LogP contribution in [0.5, 0.6) is 11.5 Å². The molecule has 1 saturated heterocycles. The van der Waals surface area contributed by atoms with E-state index in [-0.39, 0.29) is 12.0 Å². The Morgan fingerprint density at radius 1 is 1.43 bits per heavy atom. The molecule has 1 atom stereocenters. The fourth-order valence-corrected chi connectivity index (χ4v) is 4.34. The van der Waals surface area contributed by atoms with Crippen molar-refractivity contribution in [1.29, 1.82) is 0 Å². The number of thiazole rings is 1. The van der Waals surface area contributed by atoms with Gasteiger partial charge in [-0.2, -0.15) is 0 Å². The summed E-state index contributed by atoms with van der Waals surface area (Å²) in [5.41, 5.74) is 2.00. The molecule has 6 nitrogen and oxygen atoms in total. The van der Waals surface area contributed by atoms with Crippen molar-refractivity contribution in [3.05, 3.63) is 39.8 Å². The van der Waals surface area contributed by atoms with E-state index in [2.05, 4.69) is 10.3 Å². The second-order valence-corrected chi connectivity index (χ2v) is 8.61. The van der Waals surface area contributed by atoms with E-state index in [9.17, 15) is 4.79 Å². The molecule has 3 rings (SSSR count). The molecule has 1 fully saturated rings. The third-order valence-electron chi connectivity index (χ3n) is 4.32. The minimum absolute atomic E-state index is 0.00891. The normalized spacial score (nSPS) is 16.1. The molecule has 2 aromatic rings. The number of methoxy groups -OCH3 is 1. The zero-order chi connectivity index (χ0) is 19.8. The third-order valence-corrected chi connectivity index (χ3v) is 6.10. The number of thioether (sulfide) groups is 1. The quantitative estimate of drug-likeness (QED) is 0.631. The highest BCUT2D eigenvalue weighted by molar-refractivity contribution is 7.99. The summed E-state index contributed by atoms with van der Waals surface area (Å²) in [7, 11) is 1.62. The lowest BCUT2D eigenvalue weighted by Crippen LogP contribution is -2.24. The average Bonchev–Trinajstić information content (AvgIpc) is 3.36. The van der Waals surface area contributed by atoms with Crippen LogP contribution in [0.15, 0.2) is 23.6 Å². The molecule has 0 saturated carbocycles. The van der Waals surface area contributed by atoms with E-state index in [1.54, 1.807) is 30.2 Å². The van der Waals surface area contributed by atoms with Gasteiger partial charge in [-0.15, -0.1) is 23.1 Å². The molecular formula is C20H26N2O4S2. The van der Waals surface area contributed by atoms with Crippen LogP contribution in [0.25, 0.3) is 0 Å². The zero-order valence-electron chi connectivity index (χ0n) is 16.2. The fraction of sp³-hybridized carbons (Fsp3) is 0.500. The highest BCUT2D eigenvalue weighted by Crippen LogP contribution is 2.29. The van der Waals surface area contributed by atoms with Gasteiger partial charge in [-0.3, -0.25) is 4.79 Å². The Balaban J connectivity index is 1.42. The number of aromatic nitrogens is 1. The van der Waals surface area contributed by atoms with Crippen LogP contribution in [-0.4, -0.2) is 43.1 Å². The lowest BCUT2D eigenvalue weighted by atomic mass is 10.2. The summed E-state index contributed by atoms with van der Waals surface area (Å²) in [5, 5.41) is 6.03. The van der Waals surface area contributed by atoms with Crippen molar-refractivity contribution < 1.29 is 19.0 Å². The smallest absolute Gasteiger partial charge is 0.230 e. The Kier molecular flexibility index (Phi) is 8.00.